The topological polar surface area (TPSA) is 82.3 Å². The van der Waals surface area contributed by atoms with Crippen LogP contribution in [0.15, 0.2) is 36.4 Å². The number of para-hydroxylation sites is 1. The number of ketones is 1. The molecule has 0 bridgehead atoms. The Morgan fingerprint density at radius 2 is 1.93 bits per heavy atom. The molecule has 7 heteroatoms. The number of amides is 3. The van der Waals surface area contributed by atoms with Crippen LogP contribution >= 0.6 is 11.3 Å². The van der Waals surface area contributed by atoms with Gasteiger partial charge in [-0.1, -0.05) is 25.1 Å². The van der Waals surface area contributed by atoms with E-state index in [4.69, 9.17) is 0 Å². The average molecular weight is 395 g/mol. The Hall–Kier alpha value is -2.93. The third-order valence-corrected chi connectivity index (χ3v) is 6.33. The molecular weight excluding hydrogens is 374 g/mol. The van der Waals surface area contributed by atoms with Crippen molar-refractivity contribution in [1.29, 1.82) is 0 Å². The summed E-state index contributed by atoms with van der Waals surface area (Å²) in [7, 11) is 0. The molecule has 2 N–H and O–H groups in total. The van der Waals surface area contributed by atoms with Gasteiger partial charge in [-0.25, -0.2) is 4.79 Å². The van der Waals surface area contributed by atoms with Crippen molar-refractivity contribution in [2.24, 2.45) is 0 Å². The maximum Gasteiger partial charge on any atom is 0.324 e. The SMILES string of the molecule is CCc1ccc(C(=O)c2[nH]c3ccccc3c2CC2NC(=O)N(CC)C2=O)s1. The molecule has 2 aromatic heterocycles. The predicted octanol–water partition coefficient (Wildman–Crippen LogP) is 3.51. The zero-order chi connectivity index (χ0) is 19.8. The van der Waals surface area contributed by atoms with Crippen LogP contribution in [0.4, 0.5) is 4.79 Å². The molecule has 1 aromatic carbocycles. The van der Waals surface area contributed by atoms with Crippen molar-refractivity contribution in [3.05, 3.63) is 57.4 Å². The number of carbonyl (C=O) groups is 3. The molecule has 0 radical (unpaired) electrons. The van der Waals surface area contributed by atoms with Crippen LogP contribution in [0.5, 0.6) is 0 Å². The van der Waals surface area contributed by atoms with E-state index in [2.05, 4.69) is 17.2 Å². The number of rotatable bonds is 6. The van der Waals surface area contributed by atoms with Crippen LogP contribution < -0.4 is 5.32 Å². The molecule has 1 aliphatic heterocycles. The lowest BCUT2D eigenvalue weighted by molar-refractivity contribution is -0.127. The summed E-state index contributed by atoms with van der Waals surface area (Å²) >= 11 is 1.49. The molecule has 0 spiro atoms. The van der Waals surface area contributed by atoms with Gasteiger partial charge in [0.05, 0.1) is 10.6 Å². The van der Waals surface area contributed by atoms with Crippen LogP contribution in [0.3, 0.4) is 0 Å². The van der Waals surface area contributed by atoms with Crippen molar-refractivity contribution in [1.82, 2.24) is 15.2 Å². The quantitative estimate of drug-likeness (QED) is 0.495. The lowest BCUT2D eigenvalue weighted by atomic mass is 10.00. The highest BCUT2D eigenvalue weighted by molar-refractivity contribution is 7.14. The maximum absolute atomic E-state index is 13.2. The Balaban J connectivity index is 1.75. The lowest BCUT2D eigenvalue weighted by Gasteiger charge is -2.10. The molecule has 3 heterocycles. The molecule has 0 aliphatic carbocycles. The second-order valence-corrected chi connectivity index (χ2v) is 7.93. The Labute approximate surface area is 166 Å². The predicted molar refractivity (Wildman–Crippen MR) is 109 cm³/mol. The standard InChI is InChI=1S/C21H21N3O3S/c1-3-12-9-10-17(28-12)19(25)18-14(13-7-5-6-8-15(13)22-18)11-16-20(26)24(4-2)21(27)23-16/h5-10,16,22H,3-4,11H2,1-2H3,(H,23,27). The van der Waals surface area contributed by atoms with E-state index in [-0.39, 0.29) is 24.1 Å². The molecule has 1 fully saturated rings. The maximum atomic E-state index is 13.2. The molecule has 4 rings (SSSR count). The van der Waals surface area contributed by atoms with Crippen molar-refractivity contribution < 1.29 is 14.4 Å². The Morgan fingerprint density at radius 3 is 2.61 bits per heavy atom. The van der Waals surface area contributed by atoms with Crippen molar-refractivity contribution in [3.63, 3.8) is 0 Å². The van der Waals surface area contributed by atoms with Gasteiger partial charge in [0.1, 0.15) is 6.04 Å². The summed E-state index contributed by atoms with van der Waals surface area (Å²) in [5, 5.41) is 3.64. The van der Waals surface area contributed by atoms with Crippen LogP contribution in [0, 0.1) is 0 Å². The smallest absolute Gasteiger partial charge is 0.324 e. The number of likely N-dealkylation sites (N-methyl/N-ethyl adjacent to an activating group) is 1. The molecule has 6 nitrogen and oxygen atoms in total. The number of thiophene rings is 1. The number of aromatic nitrogens is 1. The van der Waals surface area contributed by atoms with Gasteiger partial charge in [0.15, 0.2) is 0 Å². The summed E-state index contributed by atoms with van der Waals surface area (Å²) < 4.78 is 0. The summed E-state index contributed by atoms with van der Waals surface area (Å²) in [4.78, 5) is 44.0. The van der Waals surface area contributed by atoms with Crippen LogP contribution in [0.25, 0.3) is 10.9 Å². The molecule has 0 saturated carbocycles. The molecule has 1 unspecified atom stereocenters. The number of nitrogens with zero attached hydrogens (tertiary/aromatic N) is 1. The summed E-state index contributed by atoms with van der Waals surface area (Å²) in [5.41, 5.74) is 2.10. The first-order valence-electron chi connectivity index (χ1n) is 9.38. The number of H-pyrrole nitrogens is 1. The highest BCUT2D eigenvalue weighted by atomic mass is 32.1. The number of aryl methyl sites for hydroxylation is 1. The summed E-state index contributed by atoms with van der Waals surface area (Å²) in [5.74, 6) is -0.333. The molecule has 3 aromatic rings. The Bertz CT molecular complexity index is 1080. The van der Waals surface area contributed by atoms with E-state index in [1.807, 2.05) is 36.4 Å². The van der Waals surface area contributed by atoms with Gasteiger partial charge in [-0.2, -0.15) is 0 Å². The van der Waals surface area contributed by atoms with Gasteiger partial charge >= 0.3 is 6.03 Å². The van der Waals surface area contributed by atoms with E-state index >= 15 is 0 Å². The number of carbonyl (C=O) groups excluding carboxylic acids is 3. The fraction of sp³-hybridized carbons (Fsp3) is 0.286. The molecule has 144 valence electrons. The molecular formula is C21H21N3O3S. The summed E-state index contributed by atoms with van der Waals surface area (Å²) in [6.45, 7) is 4.15. The van der Waals surface area contributed by atoms with E-state index in [0.29, 0.717) is 17.1 Å². The van der Waals surface area contributed by atoms with Crippen molar-refractivity contribution in [2.75, 3.05) is 6.54 Å². The van der Waals surface area contributed by atoms with E-state index in [1.54, 1.807) is 6.92 Å². The van der Waals surface area contributed by atoms with Gasteiger partial charge in [-0.15, -0.1) is 11.3 Å². The second kappa shape index (κ2) is 7.24. The highest BCUT2D eigenvalue weighted by Crippen LogP contribution is 2.29. The molecule has 1 aliphatic rings. The van der Waals surface area contributed by atoms with Gasteiger partial charge in [0, 0.05) is 28.7 Å². The zero-order valence-electron chi connectivity index (χ0n) is 15.7. The number of hydrogen-bond acceptors (Lipinski definition) is 4. The van der Waals surface area contributed by atoms with Crippen LogP contribution in [-0.4, -0.2) is 40.2 Å². The third-order valence-electron chi connectivity index (χ3n) is 5.11. The molecule has 3 amide bonds. The van der Waals surface area contributed by atoms with E-state index in [9.17, 15) is 14.4 Å². The normalized spacial score (nSPS) is 16.8. The fourth-order valence-corrected chi connectivity index (χ4v) is 4.53. The first-order valence-corrected chi connectivity index (χ1v) is 10.2. The number of benzene rings is 1. The van der Waals surface area contributed by atoms with Crippen LogP contribution in [0.2, 0.25) is 0 Å². The number of nitrogens with one attached hydrogen (secondary N) is 2. The average Bonchev–Trinajstić information content (AvgIpc) is 3.38. The van der Waals surface area contributed by atoms with Crippen LogP contribution in [-0.2, 0) is 17.6 Å². The minimum atomic E-state index is -0.659. The molecule has 28 heavy (non-hydrogen) atoms. The Morgan fingerprint density at radius 1 is 1.14 bits per heavy atom. The van der Waals surface area contributed by atoms with Gasteiger partial charge in [-0.3, -0.25) is 14.5 Å². The number of fused-ring (bicyclic) bond motifs is 1. The number of urea groups is 1. The van der Waals surface area contributed by atoms with Gasteiger partial charge < -0.3 is 10.3 Å². The van der Waals surface area contributed by atoms with Gasteiger partial charge in [0.2, 0.25) is 5.78 Å². The van der Waals surface area contributed by atoms with Gasteiger partial charge in [-0.05, 0) is 37.1 Å². The van der Waals surface area contributed by atoms with Crippen molar-refractivity contribution in [2.45, 2.75) is 32.7 Å². The summed E-state index contributed by atoms with van der Waals surface area (Å²) in [6.07, 6.45) is 1.16. The number of imide groups is 1. The molecule has 1 atom stereocenters. The third kappa shape index (κ3) is 3.01. The molecule has 1 saturated heterocycles. The minimum absolute atomic E-state index is 0.0833. The highest BCUT2D eigenvalue weighted by Gasteiger charge is 2.38. The first kappa shape index (κ1) is 18.4. The van der Waals surface area contributed by atoms with E-state index in [1.165, 1.54) is 16.2 Å². The lowest BCUT2D eigenvalue weighted by Crippen LogP contribution is -2.32. The van der Waals surface area contributed by atoms with Crippen molar-refractivity contribution >= 4 is 40.0 Å². The van der Waals surface area contributed by atoms with Gasteiger partial charge in [0.25, 0.3) is 5.91 Å². The Kier molecular flexibility index (Phi) is 4.77. The fourth-order valence-electron chi connectivity index (χ4n) is 3.64. The minimum Gasteiger partial charge on any atom is -0.352 e. The first-order chi connectivity index (χ1) is 13.5. The largest absolute Gasteiger partial charge is 0.352 e. The van der Waals surface area contributed by atoms with E-state index < -0.39 is 6.04 Å². The van der Waals surface area contributed by atoms with E-state index in [0.717, 1.165) is 27.8 Å². The van der Waals surface area contributed by atoms with Crippen molar-refractivity contribution in [3.8, 4) is 0 Å². The summed E-state index contributed by atoms with van der Waals surface area (Å²) in [6, 6.07) is 10.4. The monoisotopic (exact) mass is 395 g/mol. The number of aromatic amines is 1. The zero-order valence-corrected chi connectivity index (χ0v) is 16.6. The van der Waals surface area contributed by atoms with Crippen LogP contribution in [0.1, 0.15) is 39.7 Å². The number of hydrogen-bond donors (Lipinski definition) is 2. The second-order valence-electron chi connectivity index (χ2n) is 6.76.